The first-order chi connectivity index (χ1) is 16.6. The molecule has 4 heterocycles. The van der Waals surface area contributed by atoms with Crippen molar-refractivity contribution < 1.29 is 19.0 Å². The van der Waals surface area contributed by atoms with E-state index in [1.807, 2.05) is 13.0 Å². The number of hydrogen-bond acceptors (Lipinski definition) is 10. The van der Waals surface area contributed by atoms with Crippen molar-refractivity contribution in [3.8, 4) is 11.5 Å². The zero-order valence-corrected chi connectivity index (χ0v) is 19.6. The molecule has 3 aliphatic rings. The molecule has 182 valence electrons. The van der Waals surface area contributed by atoms with Crippen LogP contribution in [0.25, 0.3) is 0 Å². The van der Waals surface area contributed by atoms with Crippen molar-refractivity contribution in [1.29, 1.82) is 0 Å². The highest BCUT2D eigenvalue weighted by Gasteiger charge is 2.29. The number of hydrogen-bond donors (Lipinski definition) is 1. The molecule has 5 rings (SSSR count). The Morgan fingerprint density at radius 3 is 2.41 bits per heavy atom. The fourth-order valence-electron chi connectivity index (χ4n) is 4.88. The summed E-state index contributed by atoms with van der Waals surface area (Å²) in [6.07, 6.45) is 3.09. The molecule has 0 amide bonds. The maximum Gasteiger partial charge on any atom is 0.309 e. The summed E-state index contributed by atoms with van der Waals surface area (Å²) in [5, 5.41) is 0. The Hall–Kier alpha value is -3.27. The van der Waals surface area contributed by atoms with E-state index in [0.717, 1.165) is 81.8 Å². The number of anilines is 3. The molecule has 2 fully saturated rings. The molecule has 1 aromatic carbocycles. The average molecular weight is 469 g/mol. The minimum absolute atomic E-state index is 0.0448. The summed E-state index contributed by atoms with van der Waals surface area (Å²) in [5.41, 5.74) is 8.39. The smallest absolute Gasteiger partial charge is 0.309 e. The number of ether oxygens (including phenoxy) is 3. The van der Waals surface area contributed by atoms with Gasteiger partial charge >= 0.3 is 5.97 Å². The molecule has 0 spiro atoms. The number of esters is 1. The van der Waals surface area contributed by atoms with Crippen molar-refractivity contribution in [3.05, 3.63) is 30.1 Å². The number of piperidine rings is 1. The van der Waals surface area contributed by atoms with Crippen LogP contribution in [0.4, 0.5) is 17.3 Å². The van der Waals surface area contributed by atoms with Gasteiger partial charge in [0.2, 0.25) is 6.79 Å². The standard InChI is InChI=1S/C24H32N6O4/c1-2-32-24(31)18-5-7-29(8-6-18)22-21(25)23(27-15-26-22)30-11-9-28(10-12-30)14-17-3-4-19-20(13-17)34-16-33-19/h3-4,13,15,18H,2,5-12,14,16,25H2,1H3. The third-order valence-electron chi connectivity index (χ3n) is 6.77. The SMILES string of the molecule is CCOC(=O)C1CCN(c2ncnc(N3CCN(Cc4ccc5c(c4)OCO5)CC3)c2N)CC1. The second-order valence-electron chi connectivity index (χ2n) is 8.90. The summed E-state index contributed by atoms with van der Waals surface area (Å²) in [5.74, 6) is 3.04. The quantitative estimate of drug-likeness (QED) is 0.632. The fraction of sp³-hybridized carbons (Fsp3) is 0.542. The molecule has 0 bridgehead atoms. The van der Waals surface area contributed by atoms with E-state index in [-0.39, 0.29) is 11.9 Å². The van der Waals surface area contributed by atoms with Gasteiger partial charge in [-0.2, -0.15) is 0 Å². The number of fused-ring (bicyclic) bond motifs is 1. The molecular weight excluding hydrogens is 436 g/mol. The van der Waals surface area contributed by atoms with Gasteiger partial charge in [-0.15, -0.1) is 0 Å². The van der Waals surface area contributed by atoms with Crippen LogP contribution in [-0.4, -0.2) is 73.5 Å². The first kappa shape index (κ1) is 22.5. The first-order valence-electron chi connectivity index (χ1n) is 12.0. The van der Waals surface area contributed by atoms with E-state index >= 15 is 0 Å². The number of carbonyl (C=O) groups excluding carboxylic acids is 1. The Labute approximate surface area is 199 Å². The second kappa shape index (κ2) is 9.92. The highest BCUT2D eigenvalue weighted by atomic mass is 16.7. The van der Waals surface area contributed by atoms with Gasteiger partial charge in [0.05, 0.1) is 12.5 Å². The van der Waals surface area contributed by atoms with Gasteiger partial charge in [-0.05, 0) is 37.5 Å². The number of piperazine rings is 1. The fourth-order valence-corrected chi connectivity index (χ4v) is 4.88. The first-order valence-corrected chi connectivity index (χ1v) is 12.0. The predicted octanol–water partition coefficient (Wildman–Crippen LogP) is 1.89. The Bertz CT molecular complexity index is 1020. The van der Waals surface area contributed by atoms with Gasteiger partial charge < -0.3 is 29.7 Å². The molecule has 0 radical (unpaired) electrons. The van der Waals surface area contributed by atoms with Crippen molar-refractivity contribution in [2.24, 2.45) is 5.92 Å². The van der Waals surface area contributed by atoms with E-state index in [1.165, 1.54) is 5.56 Å². The number of nitrogens with zero attached hydrogens (tertiary/aromatic N) is 5. The van der Waals surface area contributed by atoms with Gasteiger partial charge in [0.1, 0.15) is 12.0 Å². The van der Waals surface area contributed by atoms with Gasteiger partial charge in [-0.1, -0.05) is 6.07 Å². The summed E-state index contributed by atoms with van der Waals surface area (Å²) in [6, 6.07) is 6.14. The Balaban J connectivity index is 1.18. The number of nitrogens with two attached hydrogens (primary N) is 1. The van der Waals surface area contributed by atoms with E-state index in [1.54, 1.807) is 6.33 Å². The lowest BCUT2D eigenvalue weighted by Crippen LogP contribution is -2.46. The Morgan fingerprint density at radius 2 is 1.71 bits per heavy atom. The molecular formula is C24H32N6O4. The summed E-state index contributed by atoms with van der Waals surface area (Å²) in [4.78, 5) is 27.9. The molecule has 2 aromatic rings. The number of benzene rings is 1. The monoisotopic (exact) mass is 468 g/mol. The van der Waals surface area contributed by atoms with Crippen LogP contribution in [-0.2, 0) is 16.1 Å². The largest absolute Gasteiger partial charge is 0.466 e. The van der Waals surface area contributed by atoms with E-state index < -0.39 is 0 Å². The van der Waals surface area contributed by atoms with Gasteiger partial charge in [0.25, 0.3) is 0 Å². The normalized spacial score (nSPS) is 18.9. The molecule has 2 saturated heterocycles. The van der Waals surface area contributed by atoms with Crippen LogP contribution in [0.1, 0.15) is 25.3 Å². The minimum atomic E-state index is -0.0999. The minimum Gasteiger partial charge on any atom is -0.466 e. The highest BCUT2D eigenvalue weighted by molar-refractivity contribution is 5.77. The molecule has 3 aliphatic heterocycles. The molecule has 0 saturated carbocycles. The van der Waals surface area contributed by atoms with Crippen molar-refractivity contribution in [1.82, 2.24) is 14.9 Å². The molecule has 0 atom stereocenters. The third-order valence-corrected chi connectivity index (χ3v) is 6.77. The van der Waals surface area contributed by atoms with Gasteiger partial charge in [-0.25, -0.2) is 9.97 Å². The zero-order chi connectivity index (χ0) is 23.5. The Morgan fingerprint density at radius 1 is 1.03 bits per heavy atom. The molecule has 0 unspecified atom stereocenters. The van der Waals surface area contributed by atoms with E-state index in [2.05, 4.69) is 36.8 Å². The van der Waals surface area contributed by atoms with E-state index in [0.29, 0.717) is 19.1 Å². The molecule has 10 heteroatoms. The molecule has 34 heavy (non-hydrogen) atoms. The third kappa shape index (κ3) is 4.68. The van der Waals surface area contributed by atoms with Crippen LogP contribution >= 0.6 is 0 Å². The van der Waals surface area contributed by atoms with Gasteiger partial charge in [0, 0.05) is 45.8 Å². The highest BCUT2D eigenvalue weighted by Crippen LogP contribution is 2.34. The van der Waals surface area contributed by atoms with Crippen molar-refractivity contribution >= 4 is 23.3 Å². The summed E-state index contributed by atoms with van der Waals surface area (Å²) < 4.78 is 16.1. The summed E-state index contributed by atoms with van der Waals surface area (Å²) >= 11 is 0. The number of rotatable bonds is 6. The molecule has 2 N–H and O–H groups in total. The van der Waals surface area contributed by atoms with Crippen molar-refractivity contribution in [2.45, 2.75) is 26.3 Å². The molecule has 1 aromatic heterocycles. The lowest BCUT2D eigenvalue weighted by molar-refractivity contribution is -0.148. The summed E-state index contributed by atoms with van der Waals surface area (Å²) in [7, 11) is 0. The van der Waals surface area contributed by atoms with Crippen LogP contribution in [0.2, 0.25) is 0 Å². The Kier molecular flexibility index (Phi) is 6.57. The maximum atomic E-state index is 12.0. The van der Waals surface area contributed by atoms with Gasteiger partial charge in [-0.3, -0.25) is 9.69 Å². The van der Waals surface area contributed by atoms with Crippen LogP contribution in [0.15, 0.2) is 24.5 Å². The zero-order valence-electron chi connectivity index (χ0n) is 19.6. The van der Waals surface area contributed by atoms with E-state index in [4.69, 9.17) is 19.9 Å². The predicted molar refractivity (Wildman–Crippen MR) is 128 cm³/mol. The number of aromatic nitrogens is 2. The van der Waals surface area contributed by atoms with E-state index in [9.17, 15) is 4.79 Å². The maximum absolute atomic E-state index is 12.0. The van der Waals surface area contributed by atoms with Crippen LogP contribution < -0.4 is 25.0 Å². The van der Waals surface area contributed by atoms with Crippen LogP contribution in [0.5, 0.6) is 11.5 Å². The van der Waals surface area contributed by atoms with Crippen molar-refractivity contribution in [3.63, 3.8) is 0 Å². The number of carbonyl (C=O) groups is 1. The lowest BCUT2D eigenvalue weighted by atomic mass is 9.97. The van der Waals surface area contributed by atoms with Crippen LogP contribution in [0, 0.1) is 5.92 Å². The topological polar surface area (TPSA) is 106 Å². The second-order valence-corrected chi connectivity index (χ2v) is 8.90. The number of nitrogen functional groups attached to an aromatic ring is 1. The molecule has 0 aliphatic carbocycles. The van der Waals surface area contributed by atoms with Crippen molar-refractivity contribution in [2.75, 3.05) is 68.2 Å². The molecule has 10 nitrogen and oxygen atoms in total. The summed E-state index contributed by atoms with van der Waals surface area (Å²) in [6.45, 7) is 8.40. The average Bonchev–Trinajstić information content (AvgIpc) is 3.33. The van der Waals surface area contributed by atoms with Gasteiger partial charge in [0.15, 0.2) is 23.1 Å². The van der Waals surface area contributed by atoms with Crippen LogP contribution in [0.3, 0.4) is 0 Å². The lowest BCUT2D eigenvalue weighted by Gasteiger charge is -2.37.